The standard InChI is InChI=1S/C13H10ClN3OS3/c14-13-9(4-6-19-13)16-21-17-10-7-20-12(11(10)18)8-3-1-2-5-15-8/h1-7,16-18H. The van der Waals surface area contributed by atoms with E-state index in [9.17, 15) is 5.11 Å². The van der Waals surface area contributed by atoms with Crippen molar-refractivity contribution in [3.63, 3.8) is 0 Å². The van der Waals surface area contributed by atoms with E-state index in [-0.39, 0.29) is 5.75 Å². The summed E-state index contributed by atoms with van der Waals surface area (Å²) in [5.74, 6) is 0.199. The van der Waals surface area contributed by atoms with Gasteiger partial charge in [0.1, 0.15) is 4.34 Å². The van der Waals surface area contributed by atoms with Crippen molar-refractivity contribution in [1.29, 1.82) is 0 Å². The van der Waals surface area contributed by atoms with Crippen molar-refractivity contribution in [3.8, 4) is 16.3 Å². The Morgan fingerprint density at radius 3 is 2.71 bits per heavy atom. The van der Waals surface area contributed by atoms with Crippen molar-refractivity contribution >= 4 is 57.8 Å². The summed E-state index contributed by atoms with van der Waals surface area (Å²) in [4.78, 5) is 4.98. The third-order valence-electron chi connectivity index (χ3n) is 2.60. The van der Waals surface area contributed by atoms with Gasteiger partial charge in [0.05, 0.1) is 34.1 Å². The Balaban J connectivity index is 1.67. The smallest absolute Gasteiger partial charge is 0.159 e. The maximum Gasteiger partial charge on any atom is 0.159 e. The highest BCUT2D eigenvalue weighted by Gasteiger charge is 2.13. The largest absolute Gasteiger partial charge is 0.504 e. The van der Waals surface area contributed by atoms with Crippen LogP contribution in [0.5, 0.6) is 5.75 Å². The number of aromatic nitrogens is 1. The Labute approximate surface area is 139 Å². The van der Waals surface area contributed by atoms with Crippen LogP contribution in [0.4, 0.5) is 11.4 Å². The molecule has 3 aromatic rings. The molecule has 3 heterocycles. The molecule has 0 aliphatic rings. The molecule has 0 aliphatic heterocycles. The second-order valence-electron chi connectivity index (χ2n) is 3.96. The van der Waals surface area contributed by atoms with Crippen molar-refractivity contribution in [1.82, 2.24) is 4.98 Å². The Morgan fingerprint density at radius 1 is 1.14 bits per heavy atom. The summed E-state index contributed by atoms with van der Waals surface area (Å²) in [5, 5.41) is 14.0. The first-order valence-corrected chi connectivity index (χ1v) is 8.84. The van der Waals surface area contributed by atoms with Crippen LogP contribution in [0.2, 0.25) is 4.34 Å². The molecule has 0 aromatic carbocycles. The third kappa shape index (κ3) is 3.26. The molecule has 0 saturated carbocycles. The highest BCUT2D eigenvalue weighted by atomic mass is 35.5. The van der Waals surface area contributed by atoms with E-state index in [1.165, 1.54) is 34.8 Å². The molecule has 3 aromatic heterocycles. The molecule has 4 nitrogen and oxygen atoms in total. The Bertz CT molecular complexity index is 729. The fraction of sp³-hybridized carbons (Fsp3) is 0. The minimum absolute atomic E-state index is 0.199. The lowest BCUT2D eigenvalue weighted by Crippen LogP contribution is -1.92. The van der Waals surface area contributed by atoms with E-state index in [0.29, 0.717) is 10.0 Å². The molecule has 3 rings (SSSR count). The van der Waals surface area contributed by atoms with E-state index in [2.05, 4.69) is 14.4 Å². The first kappa shape index (κ1) is 14.5. The van der Waals surface area contributed by atoms with Gasteiger partial charge in [-0.3, -0.25) is 4.98 Å². The number of thiophene rings is 2. The summed E-state index contributed by atoms with van der Waals surface area (Å²) >= 11 is 10.1. The maximum absolute atomic E-state index is 10.2. The number of hydrogen-bond donors (Lipinski definition) is 3. The summed E-state index contributed by atoms with van der Waals surface area (Å²) < 4.78 is 6.83. The van der Waals surface area contributed by atoms with Gasteiger partial charge >= 0.3 is 0 Å². The predicted molar refractivity (Wildman–Crippen MR) is 93.4 cm³/mol. The zero-order chi connectivity index (χ0) is 14.7. The van der Waals surface area contributed by atoms with Gasteiger partial charge in [-0.1, -0.05) is 17.7 Å². The van der Waals surface area contributed by atoms with E-state index < -0.39 is 0 Å². The number of nitrogens with one attached hydrogen (secondary N) is 2. The van der Waals surface area contributed by atoms with Gasteiger partial charge in [-0.15, -0.1) is 22.7 Å². The van der Waals surface area contributed by atoms with Crippen LogP contribution < -0.4 is 9.44 Å². The summed E-state index contributed by atoms with van der Waals surface area (Å²) in [5.41, 5.74) is 2.25. The average Bonchev–Trinajstić information content (AvgIpc) is 3.07. The van der Waals surface area contributed by atoms with Gasteiger partial charge in [-0.2, -0.15) is 0 Å². The van der Waals surface area contributed by atoms with Crippen molar-refractivity contribution in [2.75, 3.05) is 9.44 Å². The number of nitrogens with zero attached hydrogens (tertiary/aromatic N) is 1. The molecule has 0 amide bonds. The fourth-order valence-corrected chi connectivity index (χ4v) is 4.10. The molecule has 0 bridgehead atoms. The molecule has 0 saturated heterocycles. The molecule has 0 fully saturated rings. The first-order chi connectivity index (χ1) is 10.3. The van der Waals surface area contributed by atoms with Gasteiger partial charge in [0, 0.05) is 11.6 Å². The van der Waals surface area contributed by atoms with Crippen molar-refractivity contribution in [2.24, 2.45) is 0 Å². The van der Waals surface area contributed by atoms with Gasteiger partial charge in [-0.05, 0) is 23.6 Å². The van der Waals surface area contributed by atoms with Crippen molar-refractivity contribution in [2.45, 2.75) is 0 Å². The molecular formula is C13H10ClN3OS3. The van der Waals surface area contributed by atoms with E-state index in [1.54, 1.807) is 6.20 Å². The van der Waals surface area contributed by atoms with Gasteiger partial charge in [0.2, 0.25) is 0 Å². The van der Waals surface area contributed by atoms with E-state index in [0.717, 1.165) is 16.3 Å². The quantitative estimate of drug-likeness (QED) is 0.541. The molecule has 3 N–H and O–H groups in total. The van der Waals surface area contributed by atoms with E-state index in [1.807, 2.05) is 35.0 Å². The Hall–Kier alpha value is -1.41. The van der Waals surface area contributed by atoms with Crippen LogP contribution in [-0.4, -0.2) is 10.1 Å². The average molecular weight is 356 g/mol. The molecule has 0 spiro atoms. The zero-order valence-corrected chi connectivity index (χ0v) is 13.7. The minimum Gasteiger partial charge on any atom is -0.504 e. The molecule has 0 atom stereocenters. The molecular weight excluding hydrogens is 346 g/mol. The number of halogens is 1. The lowest BCUT2D eigenvalue weighted by Gasteiger charge is -2.05. The summed E-state index contributed by atoms with van der Waals surface area (Å²) in [7, 11) is 0. The summed E-state index contributed by atoms with van der Waals surface area (Å²) in [6, 6.07) is 7.50. The normalized spacial score (nSPS) is 10.5. The molecule has 0 unspecified atom stereocenters. The lowest BCUT2D eigenvalue weighted by atomic mass is 10.3. The zero-order valence-electron chi connectivity index (χ0n) is 10.5. The fourth-order valence-electron chi connectivity index (χ4n) is 1.60. The van der Waals surface area contributed by atoms with Crippen molar-refractivity contribution < 1.29 is 5.11 Å². The third-order valence-corrected chi connectivity index (χ3v) is 5.41. The molecule has 8 heteroatoms. The van der Waals surface area contributed by atoms with Crippen LogP contribution in [0.1, 0.15) is 0 Å². The Morgan fingerprint density at radius 2 is 2.00 bits per heavy atom. The highest BCUT2D eigenvalue weighted by molar-refractivity contribution is 8.01. The SMILES string of the molecule is Oc1c(NSNc2ccsc2Cl)csc1-c1ccccn1. The number of aromatic hydroxyl groups is 1. The van der Waals surface area contributed by atoms with E-state index in [4.69, 9.17) is 11.6 Å². The highest BCUT2D eigenvalue weighted by Crippen LogP contribution is 2.41. The van der Waals surface area contributed by atoms with Crippen LogP contribution in [0.15, 0.2) is 41.2 Å². The molecule has 21 heavy (non-hydrogen) atoms. The van der Waals surface area contributed by atoms with Crippen LogP contribution >= 0.6 is 46.4 Å². The molecule has 108 valence electrons. The number of pyridine rings is 1. The van der Waals surface area contributed by atoms with Gasteiger partial charge in [0.25, 0.3) is 0 Å². The van der Waals surface area contributed by atoms with Crippen LogP contribution in [-0.2, 0) is 0 Å². The summed E-state index contributed by atoms with van der Waals surface area (Å²) in [6.07, 6.45) is 1.70. The van der Waals surface area contributed by atoms with Crippen LogP contribution in [0.25, 0.3) is 10.6 Å². The van der Waals surface area contributed by atoms with Crippen LogP contribution in [0, 0.1) is 0 Å². The number of anilines is 2. The topological polar surface area (TPSA) is 57.2 Å². The van der Waals surface area contributed by atoms with Gasteiger partial charge < -0.3 is 14.6 Å². The van der Waals surface area contributed by atoms with Crippen LogP contribution in [0.3, 0.4) is 0 Å². The molecule has 0 radical (unpaired) electrons. The second-order valence-corrected chi connectivity index (χ2v) is 6.97. The minimum atomic E-state index is 0.199. The molecule has 0 aliphatic carbocycles. The Kier molecular flexibility index (Phi) is 4.54. The predicted octanol–water partition coefficient (Wildman–Crippen LogP) is 5.32. The monoisotopic (exact) mass is 355 g/mol. The second kappa shape index (κ2) is 6.57. The number of hydrogen-bond acceptors (Lipinski definition) is 7. The van der Waals surface area contributed by atoms with Gasteiger partial charge in [-0.25, -0.2) is 0 Å². The van der Waals surface area contributed by atoms with Gasteiger partial charge in [0.15, 0.2) is 5.75 Å². The lowest BCUT2D eigenvalue weighted by molar-refractivity contribution is 0.482. The van der Waals surface area contributed by atoms with Crippen molar-refractivity contribution in [3.05, 3.63) is 45.6 Å². The summed E-state index contributed by atoms with van der Waals surface area (Å²) in [6.45, 7) is 0. The first-order valence-electron chi connectivity index (χ1n) is 5.88. The van der Waals surface area contributed by atoms with E-state index >= 15 is 0 Å². The number of rotatable bonds is 5. The maximum atomic E-state index is 10.2.